The third-order valence-corrected chi connectivity index (χ3v) is 7.79. The second-order valence-corrected chi connectivity index (χ2v) is 9.80. The van der Waals surface area contributed by atoms with E-state index in [1.165, 1.54) is 12.1 Å². The van der Waals surface area contributed by atoms with Crippen LogP contribution in [0.3, 0.4) is 0 Å². The standard InChI is InChI=1S/C25H22FN3O3S/c26-18-10-12-20(13-11-18)28-14-16-29(17-15-28)23-21-8-4-5-9-22(21)33(31,32)24(23)25(30)27-19-6-2-1-3-7-19/h1-13H,14-17H2,(H,27,30). The number of carbonyl (C=O) groups excluding carboxylic acids is 1. The molecule has 1 saturated heterocycles. The van der Waals surface area contributed by atoms with Gasteiger partial charge in [-0.05, 0) is 42.5 Å². The molecule has 0 bridgehead atoms. The lowest BCUT2D eigenvalue weighted by molar-refractivity contribution is -0.112. The Morgan fingerprint density at radius 2 is 1.39 bits per heavy atom. The van der Waals surface area contributed by atoms with Crippen molar-refractivity contribution in [3.05, 3.63) is 95.1 Å². The van der Waals surface area contributed by atoms with Crippen molar-refractivity contribution in [2.45, 2.75) is 4.90 Å². The fourth-order valence-corrected chi connectivity index (χ4v) is 6.07. The molecule has 0 saturated carbocycles. The van der Waals surface area contributed by atoms with Crippen LogP contribution in [0.4, 0.5) is 15.8 Å². The van der Waals surface area contributed by atoms with Gasteiger partial charge >= 0.3 is 0 Å². The SMILES string of the molecule is O=C(Nc1ccccc1)C1=C(N2CCN(c3ccc(F)cc3)CC2)c2ccccc2S1(=O)=O. The maximum Gasteiger partial charge on any atom is 0.269 e. The molecule has 6 nitrogen and oxygen atoms in total. The third-order valence-electron chi connectivity index (χ3n) is 5.94. The van der Waals surface area contributed by atoms with Crippen LogP contribution >= 0.6 is 0 Å². The van der Waals surface area contributed by atoms with E-state index in [0.29, 0.717) is 43.1 Å². The summed E-state index contributed by atoms with van der Waals surface area (Å²) in [5.41, 5.74) is 2.43. The number of hydrogen-bond donors (Lipinski definition) is 1. The molecule has 33 heavy (non-hydrogen) atoms. The van der Waals surface area contributed by atoms with Crippen molar-refractivity contribution in [3.63, 3.8) is 0 Å². The number of anilines is 2. The van der Waals surface area contributed by atoms with Crippen LogP contribution in [0.25, 0.3) is 5.70 Å². The Balaban J connectivity index is 1.48. The van der Waals surface area contributed by atoms with Crippen molar-refractivity contribution in [1.29, 1.82) is 0 Å². The van der Waals surface area contributed by atoms with Crippen LogP contribution in [0.1, 0.15) is 5.56 Å². The summed E-state index contributed by atoms with van der Waals surface area (Å²) in [6.45, 7) is 2.28. The number of carbonyl (C=O) groups is 1. The molecular weight excluding hydrogens is 441 g/mol. The molecule has 5 rings (SSSR count). The van der Waals surface area contributed by atoms with Gasteiger partial charge in [-0.2, -0.15) is 0 Å². The number of halogens is 1. The predicted molar refractivity (Wildman–Crippen MR) is 126 cm³/mol. The van der Waals surface area contributed by atoms with E-state index in [1.54, 1.807) is 60.7 Å². The highest BCUT2D eigenvalue weighted by Crippen LogP contribution is 2.41. The van der Waals surface area contributed by atoms with E-state index in [2.05, 4.69) is 10.2 Å². The number of piperazine rings is 1. The summed E-state index contributed by atoms with van der Waals surface area (Å²) in [6, 6.07) is 21.9. The van der Waals surface area contributed by atoms with Gasteiger partial charge in [0.2, 0.25) is 9.84 Å². The van der Waals surface area contributed by atoms with Gasteiger partial charge in [0, 0.05) is 43.1 Å². The zero-order valence-corrected chi connectivity index (χ0v) is 18.6. The lowest BCUT2D eigenvalue weighted by atomic mass is 10.1. The summed E-state index contributed by atoms with van der Waals surface area (Å²) < 4.78 is 40.1. The van der Waals surface area contributed by atoms with Gasteiger partial charge in [0.25, 0.3) is 5.91 Å². The summed E-state index contributed by atoms with van der Waals surface area (Å²) >= 11 is 0. The van der Waals surface area contributed by atoms with Gasteiger partial charge in [-0.15, -0.1) is 0 Å². The Morgan fingerprint density at radius 1 is 0.788 bits per heavy atom. The second-order valence-electron chi connectivity index (χ2n) is 7.95. The van der Waals surface area contributed by atoms with Gasteiger partial charge in [0.1, 0.15) is 5.82 Å². The summed E-state index contributed by atoms with van der Waals surface area (Å²) in [5.74, 6) is -0.933. The normalized spacial score (nSPS) is 17.1. The Morgan fingerprint density at radius 3 is 2.09 bits per heavy atom. The van der Waals surface area contributed by atoms with E-state index >= 15 is 0 Å². The largest absolute Gasteiger partial charge is 0.368 e. The van der Waals surface area contributed by atoms with Crippen molar-refractivity contribution in [3.8, 4) is 0 Å². The van der Waals surface area contributed by atoms with Crippen LogP contribution in [-0.2, 0) is 14.6 Å². The van der Waals surface area contributed by atoms with Crippen LogP contribution in [0.2, 0.25) is 0 Å². The molecule has 0 radical (unpaired) electrons. The van der Waals surface area contributed by atoms with E-state index in [1.807, 2.05) is 11.0 Å². The van der Waals surface area contributed by atoms with E-state index in [0.717, 1.165) is 5.69 Å². The molecule has 2 aliphatic rings. The Labute approximate surface area is 191 Å². The van der Waals surface area contributed by atoms with Gasteiger partial charge < -0.3 is 15.1 Å². The maximum absolute atomic E-state index is 13.4. The summed E-state index contributed by atoms with van der Waals surface area (Å²) in [6.07, 6.45) is 0. The molecule has 0 atom stereocenters. The lowest BCUT2D eigenvalue weighted by Crippen LogP contribution is -2.45. The number of nitrogens with one attached hydrogen (secondary N) is 1. The molecule has 3 aromatic carbocycles. The molecule has 0 unspecified atom stereocenters. The number of para-hydroxylation sites is 1. The van der Waals surface area contributed by atoms with E-state index in [-0.39, 0.29) is 15.6 Å². The lowest BCUT2D eigenvalue weighted by Gasteiger charge is -2.38. The fraction of sp³-hybridized carbons (Fsp3) is 0.160. The smallest absolute Gasteiger partial charge is 0.269 e. The van der Waals surface area contributed by atoms with E-state index in [9.17, 15) is 17.6 Å². The van der Waals surface area contributed by atoms with Crippen LogP contribution in [0.15, 0.2) is 88.7 Å². The second kappa shape index (κ2) is 8.37. The van der Waals surface area contributed by atoms with Crippen molar-refractivity contribution in [2.24, 2.45) is 0 Å². The highest BCUT2D eigenvalue weighted by Gasteiger charge is 2.42. The van der Waals surface area contributed by atoms with Crippen LogP contribution in [0, 0.1) is 5.82 Å². The zero-order valence-electron chi connectivity index (χ0n) is 17.7. The molecule has 2 aliphatic heterocycles. The first-order chi connectivity index (χ1) is 15.9. The van der Waals surface area contributed by atoms with Crippen LogP contribution in [-0.4, -0.2) is 45.4 Å². The highest BCUT2D eigenvalue weighted by atomic mass is 32.2. The number of rotatable bonds is 4. The predicted octanol–water partition coefficient (Wildman–Crippen LogP) is 3.74. The van der Waals surface area contributed by atoms with Crippen LogP contribution < -0.4 is 10.2 Å². The Hall–Kier alpha value is -3.65. The number of amides is 1. The van der Waals surface area contributed by atoms with Crippen molar-refractivity contribution >= 4 is 32.8 Å². The van der Waals surface area contributed by atoms with Gasteiger partial charge in [-0.25, -0.2) is 12.8 Å². The first kappa shape index (κ1) is 21.2. The minimum Gasteiger partial charge on any atom is -0.368 e. The fourth-order valence-electron chi connectivity index (χ4n) is 4.35. The number of fused-ring (bicyclic) bond motifs is 1. The molecule has 1 fully saturated rings. The molecule has 0 spiro atoms. The number of nitrogens with zero attached hydrogens (tertiary/aromatic N) is 2. The average Bonchev–Trinajstić information content (AvgIpc) is 3.07. The minimum atomic E-state index is -3.96. The van der Waals surface area contributed by atoms with Gasteiger partial charge in [0.15, 0.2) is 4.91 Å². The van der Waals surface area contributed by atoms with Crippen molar-refractivity contribution in [2.75, 3.05) is 36.4 Å². The van der Waals surface area contributed by atoms with Crippen molar-refractivity contribution < 1.29 is 17.6 Å². The minimum absolute atomic E-state index is 0.152. The zero-order chi connectivity index (χ0) is 23.0. The topological polar surface area (TPSA) is 69.7 Å². The van der Waals surface area contributed by atoms with Gasteiger partial charge in [-0.3, -0.25) is 4.79 Å². The molecular formula is C25H22FN3O3S. The van der Waals surface area contributed by atoms with E-state index in [4.69, 9.17) is 0 Å². The molecule has 0 aliphatic carbocycles. The first-order valence-corrected chi connectivity index (χ1v) is 12.1. The molecule has 2 heterocycles. The van der Waals surface area contributed by atoms with Crippen LogP contribution in [0.5, 0.6) is 0 Å². The Bertz CT molecular complexity index is 1330. The molecule has 0 aromatic heterocycles. The van der Waals surface area contributed by atoms with Crippen molar-refractivity contribution in [1.82, 2.24) is 4.90 Å². The summed E-state index contributed by atoms with van der Waals surface area (Å²) in [5, 5.41) is 2.73. The average molecular weight is 464 g/mol. The monoisotopic (exact) mass is 463 g/mol. The summed E-state index contributed by atoms with van der Waals surface area (Å²) in [4.78, 5) is 17.3. The molecule has 3 aromatic rings. The summed E-state index contributed by atoms with van der Waals surface area (Å²) in [7, 11) is -3.96. The quantitative estimate of drug-likeness (QED) is 0.638. The number of hydrogen-bond acceptors (Lipinski definition) is 5. The molecule has 8 heteroatoms. The Kier molecular flexibility index (Phi) is 5.38. The van der Waals surface area contributed by atoms with Gasteiger partial charge in [0.05, 0.1) is 10.6 Å². The highest BCUT2D eigenvalue weighted by molar-refractivity contribution is 7.97. The number of sulfone groups is 1. The van der Waals surface area contributed by atoms with Gasteiger partial charge in [-0.1, -0.05) is 36.4 Å². The number of benzene rings is 3. The first-order valence-electron chi connectivity index (χ1n) is 10.7. The third kappa shape index (κ3) is 3.87. The molecule has 168 valence electrons. The van der Waals surface area contributed by atoms with E-state index < -0.39 is 15.7 Å². The molecule has 1 N–H and O–H groups in total. The maximum atomic E-state index is 13.4. The molecule has 1 amide bonds.